The van der Waals surface area contributed by atoms with Gasteiger partial charge < -0.3 is 9.84 Å². The molecular formula is C9H13NO3. The number of aliphatic hydroxyl groups is 1. The second kappa shape index (κ2) is 2.82. The van der Waals surface area contributed by atoms with Crippen LogP contribution in [0, 0.1) is 0 Å². The second-order valence-electron chi connectivity index (χ2n) is 3.60. The van der Waals surface area contributed by atoms with E-state index in [1.807, 2.05) is 18.0 Å². The highest BCUT2D eigenvalue weighted by atomic mass is 16.5. The van der Waals surface area contributed by atoms with Crippen LogP contribution in [0.25, 0.3) is 0 Å². The van der Waals surface area contributed by atoms with Gasteiger partial charge in [-0.2, -0.15) is 0 Å². The molecule has 1 aliphatic carbocycles. The van der Waals surface area contributed by atoms with E-state index in [4.69, 9.17) is 0 Å². The lowest BCUT2D eigenvalue weighted by atomic mass is 9.97. The van der Waals surface area contributed by atoms with Gasteiger partial charge in [0.2, 0.25) is 0 Å². The Kier molecular flexibility index (Phi) is 1.89. The fourth-order valence-corrected chi connectivity index (χ4v) is 2.01. The van der Waals surface area contributed by atoms with Gasteiger partial charge >= 0.3 is 5.97 Å². The van der Waals surface area contributed by atoms with E-state index in [0.29, 0.717) is 12.0 Å². The monoisotopic (exact) mass is 183 g/mol. The molecule has 4 atom stereocenters. The molecular weight excluding hydrogens is 170 g/mol. The van der Waals surface area contributed by atoms with Crippen molar-refractivity contribution in [1.29, 1.82) is 0 Å². The molecule has 4 heteroatoms. The molecule has 0 saturated carbocycles. The molecule has 1 fully saturated rings. The first-order valence-electron chi connectivity index (χ1n) is 4.34. The zero-order valence-electron chi connectivity index (χ0n) is 7.73. The highest BCUT2D eigenvalue weighted by Crippen LogP contribution is 2.37. The Hall–Kier alpha value is -0.870. The summed E-state index contributed by atoms with van der Waals surface area (Å²) < 4.78 is 4.60. The zero-order valence-corrected chi connectivity index (χ0v) is 7.73. The summed E-state index contributed by atoms with van der Waals surface area (Å²) in [6.45, 7) is 0. The summed E-state index contributed by atoms with van der Waals surface area (Å²) in [5, 5.41) is 9.61. The van der Waals surface area contributed by atoms with Crippen LogP contribution in [0.1, 0.15) is 6.42 Å². The van der Waals surface area contributed by atoms with Gasteiger partial charge in [-0.25, -0.2) is 4.79 Å². The van der Waals surface area contributed by atoms with Crippen molar-refractivity contribution in [3.05, 3.63) is 11.6 Å². The number of carbonyl (C=O) groups is 1. The quantitative estimate of drug-likeness (QED) is 0.441. The van der Waals surface area contributed by atoms with Crippen LogP contribution in [-0.2, 0) is 9.53 Å². The fourth-order valence-electron chi connectivity index (χ4n) is 2.01. The summed E-state index contributed by atoms with van der Waals surface area (Å²) in [7, 11) is 3.30. The number of aliphatic hydroxyl groups excluding tert-OH is 1. The molecule has 1 heterocycles. The van der Waals surface area contributed by atoms with E-state index >= 15 is 0 Å². The number of rotatable bonds is 1. The standard InChI is InChI=1S/C9H13NO3/c1-10-6-3-5(9(12)13-2)4-7(11)8(6)10/h3,6-8,11H,4H2,1-2H3. The zero-order chi connectivity index (χ0) is 9.59. The fraction of sp³-hybridized carbons (Fsp3) is 0.667. The first kappa shape index (κ1) is 8.72. The Balaban J connectivity index is 2.15. The van der Waals surface area contributed by atoms with Crippen molar-refractivity contribution in [3.63, 3.8) is 0 Å². The van der Waals surface area contributed by atoms with Gasteiger partial charge in [0, 0.05) is 18.0 Å². The first-order valence-corrected chi connectivity index (χ1v) is 4.34. The highest BCUT2D eigenvalue weighted by molar-refractivity contribution is 5.89. The third-order valence-electron chi connectivity index (χ3n) is 2.84. The van der Waals surface area contributed by atoms with Crippen molar-refractivity contribution in [2.45, 2.75) is 24.6 Å². The van der Waals surface area contributed by atoms with E-state index in [9.17, 15) is 9.90 Å². The molecule has 13 heavy (non-hydrogen) atoms. The highest BCUT2D eigenvalue weighted by Gasteiger charge is 2.51. The average molecular weight is 183 g/mol. The SMILES string of the molecule is COC(=O)C1=CC2C(C(O)C1)N2C. The van der Waals surface area contributed by atoms with Gasteiger partial charge in [-0.15, -0.1) is 0 Å². The van der Waals surface area contributed by atoms with Crippen LogP contribution in [0.3, 0.4) is 0 Å². The van der Waals surface area contributed by atoms with E-state index in [0.717, 1.165) is 0 Å². The number of hydrogen-bond acceptors (Lipinski definition) is 4. The van der Waals surface area contributed by atoms with E-state index in [1.165, 1.54) is 7.11 Å². The van der Waals surface area contributed by atoms with Gasteiger partial charge in [0.1, 0.15) is 0 Å². The third-order valence-corrected chi connectivity index (χ3v) is 2.84. The summed E-state index contributed by atoms with van der Waals surface area (Å²) in [6.07, 6.45) is 1.88. The number of carbonyl (C=O) groups excluding carboxylic acids is 1. The molecule has 4 unspecified atom stereocenters. The van der Waals surface area contributed by atoms with Crippen LogP contribution < -0.4 is 0 Å². The molecule has 0 bridgehead atoms. The molecule has 2 rings (SSSR count). The lowest BCUT2D eigenvalue weighted by Gasteiger charge is -2.14. The number of hydrogen-bond donors (Lipinski definition) is 1. The minimum absolute atomic E-state index is 0.216. The molecule has 4 nitrogen and oxygen atoms in total. The molecule has 2 aliphatic rings. The number of likely N-dealkylation sites (N-methyl/N-ethyl adjacent to an activating group) is 1. The molecule has 0 aromatic heterocycles. The normalized spacial score (nSPS) is 41.9. The van der Waals surface area contributed by atoms with Crippen molar-refractivity contribution in [1.82, 2.24) is 4.90 Å². The topological polar surface area (TPSA) is 49.5 Å². The number of methoxy groups -OCH3 is 1. The Morgan fingerprint density at radius 3 is 3.00 bits per heavy atom. The van der Waals surface area contributed by atoms with Crippen molar-refractivity contribution in [2.24, 2.45) is 0 Å². The molecule has 1 aliphatic heterocycles. The van der Waals surface area contributed by atoms with Crippen LogP contribution >= 0.6 is 0 Å². The Bertz CT molecular complexity index is 274. The minimum Gasteiger partial charge on any atom is -0.466 e. The first-order chi connectivity index (χ1) is 6.15. The second-order valence-corrected chi connectivity index (χ2v) is 3.60. The third kappa shape index (κ3) is 1.26. The predicted molar refractivity (Wildman–Crippen MR) is 46.1 cm³/mol. The van der Waals surface area contributed by atoms with Crippen molar-refractivity contribution in [2.75, 3.05) is 14.2 Å². The molecule has 0 radical (unpaired) electrons. The van der Waals surface area contributed by atoms with Gasteiger partial charge in [-0.05, 0) is 7.05 Å². The maximum absolute atomic E-state index is 11.2. The lowest BCUT2D eigenvalue weighted by molar-refractivity contribution is -0.136. The summed E-state index contributed by atoms with van der Waals surface area (Å²) in [5.41, 5.74) is 0.598. The van der Waals surface area contributed by atoms with Gasteiger partial charge in [0.15, 0.2) is 0 Å². The minimum atomic E-state index is -0.422. The molecule has 1 N–H and O–H groups in total. The lowest BCUT2D eigenvalue weighted by Crippen LogP contribution is -2.25. The Labute approximate surface area is 76.8 Å². The van der Waals surface area contributed by atoms with Gasteiger partial charge in [-0.1, -0.05) is 6.08 Å². The number of nitrogens with zero attached hydrogens (tertiary/aromatic N) is 1. The Morgan fingerprint density at radius 1 is 1.77 bits per heavy atom. The van der Waals surface area contributed by atoms with Crippen LogP contribution in [0.2, 0.25) is 0 Å². The maximum atomic E-state index is 11.2. The average Bonchev–Trinajstić information content (AvgIpc) is 2.76. The van der Waals surface area contributed by atoms with Crippen LogP contribution in [0.4, 0.5) is 0 Å². The van der Waals surface area contributed by atoms with Gasteiger partial charge in [-0.3, -0.25) is 4.90 Å². The molecule has 1 saturated heterocycles. The van der Waals surface area contributed by atoms with Gasteiger partial charge in [0.05, 0.1) is 19.3 Å². The number of esters is 1. The summed E-state index contributed by atoms with van der Waals surface area (Å²) in [4.78, 5) is 13.2. The number of ether oxygens (including phenoxy) is 1. The van der Waals surface area contributed by atoms with E-state index in [-0.39, 0.29) is 18.1 Å². The van der Waals surface area contributed by atoms with Crippen LogP contribution in [0.5, 0.6) is 0 Å². The van der Waals surface area contributed by atoms with Crippen LogP contribution in [-0.4, -0.2) is 48.3 Å². The largest absolute Gasteiger partial charge is 0.466 e. The van der Waals surface area contributed by atoms with E-state index < -0.39 is 6.10 Å². The predicted octanol–water partition coefficient (Wildman–Crippen LogP) is -0.467. The molecule has 0 amide bonds. The smallest absolute Gasteiger partial charge is 0.333 e. The van der Waals surface area contributed by atoms with Crippen molar-refractivity contribution >= 4 is 5.97 Å². The van der Waals surface area contributed by atoms with Crippen molar-refractivity contribution < 1.29 is 14.6 Å². The van der Waals surface area contributed by atoms with E-state index in [1.54, 1.807) is 0 Å². The van der Waals surface area contributed by atoms with Gasteiger partial charge in [0.25, 0.3) is 0 Å². The summed E-state index contributed by atoms with van der Waals surface area (Å²) in [5.74, 6) is -0.321. The molecule has 72 valence electrons. The van der Waals surface area contributed by atoms with E-state index in [2.05, 4.69) is 4.74 Å². The molecule has 0 spiro atoms. The van der Waals surface area contributed by atoms with Crippen molar-refractivity contribution in [3.8, 4) is 0 Å². The summed E-state index contributed by atoms with van der Waals surface area (Å²) >= 11 is 0. The summed E-state index contributed by atoms with van der Waals surface area (Å²) in [6, 6.07) is 0.450. The molecule has 0 aromatic carbocycles. The number of fused-ring (bicyclic) bond motifs is 1. The Morgan fingerprint density at radius 2 is 2.46 bits per heavy atom. The molecule has 0 aromatic rings. The van der Waals surface area contributed by atoms with Crippen LogP contribution in [0.15, 0.2) is 11.6 Å². The maximum Gasteiger partial charge on any atom is 0.333 e.